The summed E-state index contributed by atoms with van der Waals surface area (Å²) < 4.78 is 42.8. The summed E-state index contributed by atoms with van der Waals surface area (Å²) in [4.78, 5) is 13.7. The van der Waals surface area contributed by atoms with Gasteiger partial charge in [0.25, 0.3) is 5.91 Å². The van der Waals surface area contributed by atoms with Gasteiger partial charge in [0.2, 0.25) is 0 Å². The Morgan fingerprint density at radius 3 is 2.50 bits per heavy atom. The molecular weight excluding hydrogens is 341 g/mol. The van der Waals surface area contributed by atoms with Gasteiger partial charge in [-0.25, -0.2) is 0 Å². The van der Waals surface area contributed by atoms with Crippen molar-refractivity contribution in [3.8, 4) is 0 Å². The van der Waals surface area contributed by atoms with Gasteiger partial charge in [-0.05, 0) is 48.1 Å². The van der Waals surface area contributed by atoms with Crippen molar-refractivity contribution in [1.82, 2.24) is 10.2 Å². The van der Waals surface area contributed by atoms with Crippen molar-refractivity contribution >= 4 is 29.3 Å². The van der Waals surface area contributed by atoms with Gasteiger partial charge < -0.3 is 9.73 Å². The van der Waals surface area contributed by atoms with Crippen LogP contribution in [0.5, 0.6) is 0 Å². The number of carbonyl (C=O) groups excluding carboxylic acids is 1. The van der Waals surface area contributed by atoms with Crippen molar-refractivity contribution in [3.05, 3.63) is 65.2 Å². The van der Waals surface area contributed by atoms with Crippen LogP contribution in [-0.2, 0) is 17.5 Å². The van der Waals surface area contributed by atoms with E-state index >= 15 is 0 Å². The highest BCUT2D eigenvalue weighted by Gasteiger charge is 2.32. The number of amides is 1. The zero-order valence-corrected chi connectivity index (χ0v) is 12.9. The number of halogens is 3. The molecule has 0 unspecified atom stereocenters. The quantitative estimate of drug-likeness (QED) is 0.678. The molecule has 1 aromatic heterocycles. The maximum atomic E-state index is 12.6. The summed E-state index contributed by atoms with van der Waals surface area (Å²) in [6.07, 6.45) is -1.45. The molecule has 1 N–H and O–H groups in total. The first-order chi connectivity index (χ1) is 11.3. The molecule has 1 aliphatic rings. The number of nitrogens with zero attached hydrogens (tertiary/aromatic N) is 1. The van der Waals surface area contributed by atoms with Crippen molar-refractivity contribution < 1.29 is 22.4 Å². The fourth-order valence-corrected chi connectivity index (χ4v) is 2.47. The number of thiocarbonyl (C=S) groups is 1. The lowest BCUT2D eigenvalue weighted by atomic mass is 10.1. The van der Waals surface area contributed by atoms with E-state index in [1.165, 1.54) is 29.4 Å². The normalized spacial score (nSPS) is 16.8. The van der Waals surface area contributed by atoms with Crippen molar-refractivity contribution in [3.63, 3.8) is 0 Å². The molecule has 0 aliphatic carbocycles. The summed E-state index contributed by atoms with van der Waals surface area (Å²) in [5, 5.41) is 2.98. The molecule has 1 amide bonds. The van der Waals surface area contributed by atoms with Gasteiger partial charge in [0.1, 0.15) is 11.5 Å². The van der Waals surface area contributed by atoms with Gasteiger partial charge in [-0.2, -0.15) is 13.2 Å². The number of nitrogens with one attached hydrogen (secondary N) is 1. The Hall–Kier alpha value is -2.61. The van der Waals surface area contributed by atoms with Gasteiger partial charge >= 0.3 is 6.18 Å². The molecule has 1 aromatic carbocycles. The predicted molar refractivity (Wildman–Crippen MR) is 84.4 cm³/mol. The van der Waals surface area contributed by atoms with Gasteiger partial charge in [0.05, 0.1) is 18.4 Å². The molecule has 0 saturated carbocycles. The maximum Gasteiger partial charge on any atom is 0.416 e. The zero-order valence-electron chi connectivity index (χ0n) is 12.1. The Kier molecular flexibility index (Phi) is 4.15. The molecule has 0 bridgehead atoms. The lowest BCUT2D eigenvalue weighted by Crippen LogP contribution is -2.29. The topological polar surface area (TPSA) is 45.5 Å². The van der Waals surface area contributed by atoms with Crippen molar-refractivity contribution in [2.24, 2.45) is 0 Å². The Morgan fingerprint density at radius 1 is 1.21 bits per heavy atom. The van der Waals surface area contributed by atoms with E-state index in [0.717, 1.165) is 12.1 Å². The second kappa shape index (κ2) is 6.12. The summed E-state index contributed by atoms with van der Waals surface area (Å²) in [6.45, 7) is 0.183. The second-order valence-corrected chi connectivity index (χ2v) is 5.47. The molecule has 2 heterocycles. The minimum Gasteiger partial charge on any atom is -0.467 e. The number of rotatable bonds is 3. The molecule has 0 spiro atoms. The predicted octanol–water partition coefficient (Wildman–Crippen LogP) is 3.56. The standard InChI is InChI=1S/C16H11F3N2O2S/c17-16(18,19)11-5-3-10(4-6-11)8-13-14(22)21(15(24)20-13)9-12-2-1-7-23-12/h1-8H,9H2,(H,20,24)/b13-8+. The molecule has 1 saturated heterocycles. The lowest BCUT2D eigenvalue weighted by molar-refractivity contribution is -0.137. The number of alkyl halides is 3. The van der Waals surface area contributed by atoms with Gasteiger partial charge in [-0.15, -0.1) is 0 Å². The van der Waals surface area contributed by atoms with E-state index in [0.29, 0.717) is 11.3 Å². The highest BCUT2D eigenvalue weighted by atomic mass is 32.1. The number of hydrogen-bond acceptors (Lipinski definition) is 3. The Balaban J connectivity index is 1.78. The van der Waals surface area contributed by atoms with Crippen molar-refractivity contribution in [1.29, 1.82) is 0 Å². The van der Waals surface area contributed by atoms with Crippen LogP contribution in [0, 0.1) is 0 Å². The first-order valence-electron chi connectivity index (χ1n) is 6.89. The van der Waals surface area contributed by atoms with Crippen LogP contribution in [0.4, 0.5) is 13.2 Å². The van der Waals surface area contributed by atoms with Crippen LogP contribution >= 0.6 is 12.2 Å². The number of carbonyl (C=O) groups is 1. The average molecular weight is 352 g/mol. The van der Waals surface area contributed by atoms with Gasteiger partial charge in [-0.1, -0.05) is 12.1 Å². The van der Waals surface area contributed by atoms with E-state index in [1.54, 1.807) is 12.1 Å². The molecule has 0 radical (unpaired) electrons. The first kappa shape index (κ1) is 16.3. The highest BCUT2D eigenvalue weighted by molar-refractivity contribution is 7.80. The molecule has 8 heteroatoms. The third-order valence-corrected chi connectivity index (χ3v) is 3.73. The van der Waals surface area contributed by atoms with Crippen LogP contribution in [-0.4, -0.2) is 15.9 Å². The molecule has 4 nitrogen and oxygen atoms in total. The number of benzene rings is 1. The smallest absolute Gasteiger partial charge is 0.416 e. The van der Waals surface area contributed by atoms with Crippen LogP contribution in [0.2, 0.25) is 0 Å². The van der Waals surface area contributed by atoms with Crippen LogP contribution in [0.15, 0.2) is 52.8 Å². The largest absolute Gasteiger partial charge is 0.467 e. The van der Waals surface area contributed by atoms with Crippen LogP contribution in [0.1, 0.15) is 16.9 Å². The molecule has 24 heavy (non-hydrogen) atoms. The maximum absolute atomic E-state index is 12.6. The summed E-state index contributed by atoms with van der Waals surface area (Å²) in [7, 11) is 0. The fraction of sp³-hybridized carbons (Fsp3) is 0.125. The first-order valence-corrected chi connectivity index (χ1v) is 7.29. The Bertz CT molecular complexity index is 796. The minimum absolute atomic E-state index is 0.183. The van der Waals surface area contributed by atoms with Gasteiger partial charge in [0.15, 0.2) is 5.11 Å². The molecule has 0 atom stereocenters. The third-order valence-electron chi connectivity index (χ3n) is 3.41. The Morgan fingerprint density at radius 2 is 1.92 bits per heavy atom. The van der Waals surface area contributed by atoms with Gasteiger partial charge in [0, 0.05) is 0 Å². The van der Waals surface area contributed by atoms with Gasteiger partial charge in [-0.3, -0.25) is 9.69 Å². The van der Waals surface area contributed by atoms with Crippen molar-refractivity contribution in [2.75, 3.05) is 0 Å². The number of hydrogen-bond donors (Lipinski definition) is 1. The fourth-order valence-electron chi connectivity index (χ4n) is 2.21. The zero-order chi connectivity index (χ0) is 17.3. The Labute approximate surface area is 140 Å². The molecular formula is C16H11F3N2O2S. The van der Waals surface area contributed by atoms with Crippen molar-refractivity contribution in [2.45, 2.75) is 12.7 Å². The SMILES string of the molecule is O=C1/C(=C\c2ccc(C(F)(F)F)cc2)NC(=S)N1Cc1ccco1. The number of furan rings is 1. The summed E-state index contributed by atoms with van der Waals surface area (Å²) in [5.41, 5.74) is -0.0851. The molecule has 2 aromatic rings. The van der Waals surface area contributed by atoms with E-state index in [9.17, 15) is 18.0 Å². The monoisotopic (exact) mass is 352 g/mol. The van der Waals surface area contributed by atoms with E-state index in [4.69, 9.17) is 16.6 Å². The molecule has 1 aliphatic heterocycles. The van der Waals surface area contributed by atoms with E-state index in [2.05, 4.69) is 5.32 Å². The van der Waals surface area contributed by atoms with E-state index in [-0.39, 0.29) is 23.3 Å². The van der Waals surface area contributed by atoms with Crippen LogP contribution < -0.4 is 5.32 Å². The second-order valence-electron chi connectivity index (χ2n) is 5.08. The summed E-state index contributed by atoms with van der Waals surface area (Å²) >= 11 is 5.12. The third kappa shape index (κ3) is 3.33. The molecule has 3 rings (SSSR count). The summed E-state index contributed by atoms with van der Waals surface area (Å²) in [6, 6.07) is 7.93. The summed E-state index contributed by atoms with van der Waals surface area (Å²) in [5.74, 6) is 0.208. The van der Waals surface area contributed by atoms with Crippen LogP contribution in [0.25, 0.3) is 6.08 Å². The van der Waals surface area contributed by atoms with E-state index in [1.807, 2.05) is 0 Å². The highest BCUT2D eigenvalue weighted by Crippen LogP contribution is 2.29. The average Bonchev–Trinajstić information content (AvgIpc) is 3.12. The van der Waals surface area contributed by atoms with Crippen LogP contribution in [0.3, 0.4) is 0 Å². The van der Waals surface area contributed by atoms with E-state index < -0.39 is 11.7 Å². The molecule has 1 fully saturated rings. The molecule has 124 valence electrons. The minimum atomic E-state index is -4.39. The lowest BCUT2D eigenvalue weighted by Gasteiger charge is -2.11.